The molecule has 0 aliphatic rings. The van der Waals surface area contributed by atoms with Crippen LogP contribution < -0.4 is 5.73 Å². The molecule has 0 saturated heterocycles. The van der Waals surface area contributed by atoms with E-state index in [1.807, 2.05) is 20.8 Å². The summed E-state index contributed by atoms with van der Waals surface area (Å²) in [4.78, 5) is 15.9. The Bertz CT molecular complexity index is 304. The van der Waals surface area contributed by atoms with Crippen molar-refractivity contribution in [2.45, 2.75) is 26.7 Å². The molecular formula is C8H12N2OS. The van der Waals surface area contributed by atoms with Gasteiger partial charge in [-0.05, 0) is 6.92 Å². The number of thiazole rings is 1. The minimum absolute atomic E-state index is 0.363. The molecule has 0 radical (unpaired) electrons. The summed E-state index contributed by atoms with van der Waals surface area (Å²) in [6.07, 6.45) is 0. The maximum atomic E-state index is 10.8. The number of amides is 1. The second kappa shape index (κ2) is 3.23. The Kier molecular flexibility index (Phi) is 2.47. The predicted octanol–water partition coefficient (Wildman–Crippen LogP) is 1.67. The molecule has 3 nitrogen and oxygen atoms in total. The topological polar surface area (TPSA) is 56.0 Å². The molecule has 0 aliphatic heterocycles. The number of carbonyl (C=O) groups excluding carboxylic acids is 1. The highest BCUT2D eigenvalue weighted by molar-refractivity contribution is 7.11. The molecule has 4 heteroatoms. The zero-order valence-electron chi connectivity index (χ0n) is 7.42. The fraction of sp³-hybridized carbons (Fsp3) is 0.500. The molecule has 0 aliphatic carbocycles. The van der Waals surface area contributed by atoms with Gasteiger partial charge in [-0.1, -0.05) is 13.8 Å². The van der Waals surface area contributed by atoms with Crippen molar-refractivity contribution < 1.29 is 4.79 Å². The standard InChI is InChI=1S/C8H12N2OS/c1-4(2)8-10-6(7(9)11)5(3)12-8/h4H,1-3H3,(H2,9,11). The van der Waals surface area contributed by atoms with Crippen LogP contribution in [0, 0.1) is 6.92 Å². The van der Waals surface area contributed by atoms with Crippen molar-refractivity contribution >= 4 is 17.2 Å². The first-order chi connectivity index (χ1) is 5.52. The summed E-state index contributed by atoms with van der Waals surface area (Å²) in [5.74, 6) is -0.0718. The van der Waals surface area contributed by atoms with Crippen molar-refractivity contribution in [3.63, 3.8) is 0 Å². The Morgan fingerprint density at radius 2 is 2.17 bits per heavy atom. The SMILES string of the molecule is Cc1sc(C(C)C)nc1C(N)=O. The van der Waals surface area contributed by atoms with Crippen molar-refractivity contribution in [2.24, 2.45) is 5.73 Å². The lowest BCUT2D eigenvalue weighted by Gasteiger charge is -1.94. The largest absolute Gasteiger partial charge is 0.364 e. The number of aryl methyl sites for hydroxylation is 1. The minimum atomic E-state index is -0.435. The summed E-state index contributed by atoms with van der Waals surface area (Å²) >= 11 is 1.54. The summed E-state index contributed by atoms with van der Waals surface area (Å²) < 4.78 is 0. The van der Waals surface area contributed by atoms with Crippen molar-refractivity contribution in [1.82, 2.24) is 4.98 Å². The monoisotopic (exact) mass is 184 g/mol. The summed E-state index contributed by atoms with van der Waals surface area (Å²) in [7, 11) is 0. The third kappa shape index (κ3) is 1.64. The predicted molar refractivity (Wildman–Crippen MR) is 49.5 cm³/mol. The highest BCUT2D eigenvalue weighted by Gasteiger charge is 2.13. The van der Waals surface area contributed by atoms with E-state index in [0.29, 0.717) is 11.6 Å². The van der Waals surface area contributed by atoms with E-state index in [2.05, 4.69) is 4.98 Å². The van der Waals surface area contributed by atoms with Crippen LogP contribution in [0.2, 0.25) is 0 Å². The number of nitrogens with zero attached hydrogens (tertiary/aromatic N) is 1. The van der Waals surface area contributed by atoms with Crippen LogP contribution in [0.5, 0.6) is 0 Å². The Balaban J connectivity index is 3.09. The van der Waals surface area contributed by atoms with Gasteiger partial charge in [0.25, 0.3) is 5.91 Å². The number of carbonyl (C=O) groups is 1. The van der Waals surface area contributed by atoms with Gasteiger partial charge in [0, 0.05) is 10.8 Å². The zero-order chi connectivity index (χ0) is 9.30. The van der Waals surface area contributed by atoms with Crippen molar-refractivity contribution in [1.29, 1.82) is 0 Å². The average Bonchev–Trinajstić information content (AvgIpc) is 2.30. The van der Waals surface area contributed by atoms with Crippen LogP contribution in [0.15, 0.2) is 0 Å². The Hall–Kier alpha value is -0.900. The van der Waals surface area contributed by atoms with Crippen molar-refractivity contribution in [3.05, 3.63) is 15.6 Å². The van der Waals surface area contributed by atoms with E-state index < -0.39 is 5.91 Å². The van der Waals surface area contributed by atoms with Gasteiger partial charge >= 0.3 is 0 Å². The van der Waals surface area contributed by atoms with Gasteiger partial charge in [0.1, 0.15) is 5.69 Å². The van der Waals surface area contributed by atoms with E-state index in [0.717, 1.165) is 9.88 Å². The molecule has 0 fully saturated rings. The van der Waals surface area contributed by atoms with Gasteiger partial charge < -0.3 is 5.73 Å². The Labute approximate surface area is 75.6 Å². The second-order valence-corrected chi connectivity index (χ2v) is 4.21. The first-order valence-corrected chi connectivity index (χ1v) is 4.61. The summed E-state index contributed by atoms with van der Waals surface area (Å²) in [6.45, 7) is 5.95. The van der Waals surface area contributed by atoms with Crippen molar-refractivity contribution in [2.75, 3.05) is 0 Å². The third-order valence-electron chi connectivity index (χ3n) is 1.54. The molecule has 1 rings (SSSR count). The number of nitrogens with two attached hydrogens (primary N) is 1. The summed E-state index contributed by atoms with van der Waals surface area (Å²) in [6, 6.07) is 0. The van der Waals surface area contributed by atoms with E-state index in [-0.39, 0.29) is 0 Å². The molecule has 0 aromatic carbocycles. The van der Waals surface area contributed by atoms with E-state index >= 15 is 0 Å². The van der Waals surface area contributed by atoms with Gasteiger partial charge in [0.2, 0.25) is 0 Å². The van der Waals surface area contributed by atoms with Crippen LogP contribution in [0.3, 0.4) is 0 Å². The number of rotatable bonds is 2. The Morgan fingerprint density at radius 3 is 2.42 bits per heavy atom. The van der Waals surface area contributed by atoms with E-state index in [4.69, 9.17) is 5.73 Å². The van der Waals surface area contributed by atoms with Crippen LogP contribution >= 0.6 is 11.3 Å². The second-order valence-electron chi connectivity index (χ2n) is 2.98. The molecule has 0 unspecified atom stereocenters. The lowest BCUT2D eigenvalue weighted by Crippen LogP contribution is -2.12. The first-order valence-electron chi connectivity index (χ1n) is 3.79. The van der Waals surface area contributed by atoms with Gasteiger partial charge in [0.05, 0.1) is 5.01 Å². The van der Waals surface area contributed by atoms with Gasteiger partial charge in [-0.25, -0.2) is 4.98 Å². The summed E-state index contributed by atoms with van der Waals surface area (Å²) in [5, 5.41) is 0.973. The van der Waals surface area contributed by atoms with Gasteiger partial charge in [0.15, 0.2) is 0 Å². The van der Waals surface area contributed by atoms with Crippen LogP contribution in [-0.2, 0) is 0 Å². The van der Waals surface area contributed by atoms with E-state index in [9.17, 15) is 4.79 Å². The zero-order valence-corrected chi connectivity index (χ0v) is 8.23. The van der Waals surface area contributed by atoms with Gasteiger partial charge in [-0.2, -0.15) is 0 Å². The molecule has 0 saturated carbocycles. The normalized spacial score (nSPS) is 10.7. The van der Waals surface area contributed by atoms with Crippen LogP contribution in [0.1, 0.15) is 40.1 Å². The van der Waals surface area contributed by atoms with Crippen molar-refractivity contribution in [3.8, 4) is 0 Å². The average molecular weight is 184 g/mol. The van der Waals surface area contributed by atoms with E-state index in [1.54, 1.807) is 0 Å². The first kappa shape index (κ1) is 9.19. The molecule has 1 heterocycles. The molecular weight excluding hydrogens is 172 g/mol. The van der Waals surface area contributed by atoms with Crippen LogP contribution in [-0.4, -0.2) is 10.9 Å². The maximum absolute atomic E-state index is 10.8. The lowest BCUT2D eigenvalue weighted by atomic mass is 10.2. The fourth-order valence-electron chi connectivity index (χ4n) is 0.892. The summed E-state index contributed by atoms with van der Waals surface area (Å²) in [5.41, 5.74) is 5.55. The molecule has 0 spiro atoms. The molecule has 0 bridgehead atoms. The molecule has 66 valence electrons. The van der Waals surface area contributed by atoms with Crippen LogP contribution in [0.4, 0.5) is 0 Å². The molecule has 2 N–H and O–H groups in total. The van der Waals surface area contributed by atoms with Gasteiger partial charge in [-0.3, -0.25) is 4.79 Å². The Morgan fingerprint density at radius 1 is 1.58 bits per heavy atom. The molecule has 1 aromatic rings. The minimum Gasteiger partial charge on any atom is -0.364 e. The number of aromatic nitrogens is 1. The third-order valence-corrected chi connectivity index (χ3v) is 2.81. The van der Waals surface area contributed by atoms with E-state index in [1.165, 1.54) is 11.3 Å². The van der Waals surface area contributed by atoms with Crippen LogP contribution in [0.25, 0.3) is 0 Å². The van der Waals surface area contributed by atoms with Gasteiger partial charge in [-0.15, -0.1) is 11.3 Å². The lowest BCUT2D eigenvalue weighted by molar-refractivity contribution is 0.0995. The number of hydrogen-bond donors (Lipinski definition) is 1. The maximum Gasteiger partial charge on any atom is 0.268 e. The molecule has 1 aromatic heterocycles. The smallest absolute Gasteiger partial charge is 0.268 e. The molecule has 12 heavy (non-hydrogen) atoms. The number of hydrogen-bond acceptors (Lipinski definition) is 3. The fourth-order valence-corrected chi connectivity index (χ4v) is 1.82. The molecule has 0 atom stereocenters. The number of primary amides is 1. The molecule has 1 amide bonds. The quantitative estimate of drug-likeness (QED) is 0.760. The highest BCUT2D eigenvalue weighted by Crippen LogP contribution is 2.23. The highest BCUT2D eigenvalue weighted by atomic mass is 32.1.